The zero-order valence-corrected chi connectivity index (χ0v) is 9.34. The molecule has 3 rings (SSSR count). The summed E-state index contributed by atoms with van der Waals surface area (Å²) in [6.45, 7) is 0. The number of hydrogen-bond acceptors (Lipinski definition) is 4. The first-order chi connectivity index (χ1) is 8.63. The Morgan fingerprint density at radius 2 is 1.83 bits per heavy atom. The molecule has 5 nitrogen and oxygen atoms in total. The molecule has 90 valence electrons. The van der Waals surface area contributed by atoms with Crippen molar-refractivity contribution in [3.8, 4) is 11.1 Å². The number of aromatic nitrogens is 3. The van der Waals surface area contributed by atoms with Crippen molar-refractivity contribution < 1.29 is 4.39 Å². The average molecular weight is 243 g/mol. The Labute approximate surface area is 102 Å². The molecule has 0 spiro atoms. The molecule has 1 aromatic carbocycles. The van der Waals surface area contributed by atoms with Gasteiger partial charge in [-0.15, -0.1) is 5.10 Å². The fraction of sp³-hybridized carbons (Fsp3) is 0. The van der Waals surface area contributed by atoms with Crippen molar-refractivity contribution in [3.05, 3.63) is 42.3 Å². The highest BCUT2D eigenvalue weighted by atomic mass is 19.1. The van der Waals surface area contributed by atoms with Crippen molar-refractivity contribution in [3.63, 3.8) is 0 Å². The Kier molecular flexibility index (Phi) is 2.16. The van der Waals surface area contributed by atoms with E-state index >= 15 is 0 Å². The zero-order chi connectivity index (χ0) is 12.7. The summed E-state index contributed by atoms with van der Waals surface area (Å²) in [4.78, 5) is 4.02. The van der Waals surface area contributed by atoms with E-state index in [1.807, 2.05) is 6.07 Å². The van der Waals surface area contributed by atoms with Crippen LogP contribution in [0, 0.1) is 5.82 Å². The summed E-state index contributed by atoms with van der Waals surface area (Å²) in [5, 5.41) is 4.00. The average Bonchev–Trinajstić information content (AvgIpc) is 2.71. The number of benzene rings is 1. The first-order valence-electron chi connectivity index (χ1n) is 5.31. The second-order valence-corrected chi connectivity index (χ2v) is 3.93. The Morgan fingerprint density at radius 1 is 1.06 bits per heavy atom. The number of rotatable bonds is 1. The molecule has 18 heavy (non-hydrogen) atoms. The molecule has 0 aliphatic rings. The molecular weight excluding hydrogens is 233 g/mol. The summed E-state index contributed by atoms with van der Waals surface area (Å²) in [6.07, 6.45) is 1.74. The first kappa shape index (κ1) is 10.5. The van der Waals surface area contributed by atoms with Crippen LogP contribution >= 0.6 is 0 Å². The summed E-state index contributed by atoms with van der Waals surface area (Å²) in [6, 6.07) is 8.27. The van der Waals surface area contributed by atoms with Crippen LogP contribution in [0.5, 0.6) is 0 Å². The predicted octanol–water partition coefficient (Wildman–Crippen LogP) is 1.70. The topological polar surface area (TPSA) is 82.2 Å². The molecule has 0 radical (unpaired) electrons. The molecule has 0 bridgehead atoms. The van der Waals surface area contributed by atoms with Gasteiger partial charge in [0.15, 0.2) is 5.65 Å². The number of anilines is 2. The van der Waals surface area contributed by atoms with Gasteiger partial charge in [-0.05, 0) is 29.8 Å². The molecular formula is C12H10FN5. The largest absolute Gasteiger partial charge is 0.396 e. The third-order valence-corrected chi connectivity index (χ3v) is 2.68. The molecule has 0 saturated heterocycles. The summed E-state index contributed by atoms with van der Waals surface area (Å²) in [7, 11) is 0. The van der Waals surface area contributed by atoms with Gasteiger partial charge in [-0.25, -0.2) is 8.91 Å². The number of hydrogen-bond donors (Lipinski definition) is 2. The van der Waals surface area contributed by atoms with Gasteiger partial charge in [0.25, 0.3) is 0 Å². The number of nitrogens with zero attached hydrogens (tertiary/aromatic N) is 3. The van der Waals surface area contributed by atoms with Crippen LogP contribution in [-0.4, -0.2) is 14.6 Å². The van der Waals surface area contributed by atoms with Crippen LogP contribution in [0.1, 0.15) is 0 Å². The standard InChI is InChI=1S/C12H10FN5/c13-9-5-7(1-3-10(9)14)8-2-4-11-16-12(15)17-18(11)6-8/h1-6H,14H2,(H2,15,17). The molecule has 0 unspecified atom stereocenters. The fourth-order valence-corrected chi connectivity index (χ4v) is 1.78. The van der Waals surface area contributed by atoms with Crippen LogP contribution in [0.2, 0.25) is 0 Å². The second kappa shape index (κ2) is 3.69. The van der Waals surface area contributed by atoms with Gasteiger partial charge in [-0.1, -0.05) is 6.07 Å². The summed E-state index contributed by atoms with van der Waals surface area (Å²) in [5.41, 5.74) is 13.3. The minimum Gasteiger partial charge on any atom is -0.396 e. The predicted molar refractivity (Wildman–Crippen MR) is 67.2 cm³/mol. The van der Waals surface area contributed by atoms with Gasteiger partial charge in [0.05, 0.1) is 5.69 Å². The van der Waals surface area contributed by atoms with E-state index < -0.39 is 5.82 Å². The molecule has 3 aromatic rings. The van der Waals surface area contributed by atoms with Crippen molar-refractivity contribution in [2.24, 2.45) is 0 Å². The number of nitrogen functional groups attached to an aromatic ring is 2. The Bertz CT molecular complexity index is 734. The number of nitrogens with two attached hydrogens (primary N) is 2. The molecule has 2 heterocycles. The maximum Gasteiger partial charge on any atom is 0.240 e. The lowest BCUT2D eigenvalue weighted by molar-refractivity contribution is 0.633. The van der Waals surface area contributed by atoms with E-state index in [0.29, 0.717) is 5.65 Å². The van der Waals surface area contributed by atoms with Crippen LogP contribution in [-0.2, 0) is 0 Å². The van der Waals surface area contributed by atoms with Gasteiger partial charge in [-0.3, -0.25) is 0 Å². The van der Waals surface area contributed by atoms with E-state index in [9.17, 15) is 4.39 Å². The highest BCUT2D eigenvalue weighted by molar-refractivity contribution is 5.66. The molecule has 0 aliphatic carbocycles. The van der Waals surface area contributed by atoms with E-state index in [1.165, 1.54) is 12.1 Å². The summed E-state index contributed by atoms with van der Waals surface area (Å²) < 4.78 is 15.0. The van der Waals surface area contributed by atoms with Crippen molar-refractivity contribution in [1.29, 1.82) is 0 Å². The number of pyridine rings is 1. The highest BCUT2D eigenvalue weighted by Gasteiger charge is 2.05. The molecule has 2 aromatic heterocycles. The van der Waals surface area contributed by atoms with Gasteiger partial charge in [0, 0.05) is 11.8 Å². The maximum atomic E-state index is 13.4. The van der Waals surface area contributed by atoms with E-state index in [0.717, 1.165) is 11.1 Å². The van der Waals surface area contributed by atoms with E-state index in [2.05, 4.69) is 10.1 Å². The second-order valence-electron chi connectivity index (χ2n) is 3.93. The zero-order valence-electron chi connectivity index (χ0n) is 9.34. The molecule has 0 aliphatic heterocycles. The molecule has 0 fully saturated rings. The van der Waals surface area contributed by atoms with Gasteiger partial charge in [-0.2, -0.15) is 4.98 Å². The maximum absolute atomic E-state index is 13.4. The molecule has 6 heteroatoms. The van der Waals surface area contributed by atoms with E-state index in [-0.39, 0.29) is 11.6 Å². The lowest BCUT2D eigenvalue weighted by Crippen LogP contribution is -1.92. The molecule has 0 atom stereocenters. The van der Waals surface area contributed by atoms with Crippen LogP contribution in [0.3, 0.4) is 0 Å². The first-order valence-corrected chi connectivity index (χ1v) is 5.31. The van der Waals surface area contributed by atoms with Gasteiger partial charge in [0.1, 0.15) is 5.82 Å². The fourth-order valence-electron chi connectivity index (χ4n) is 1.78. The van der Waals surface area contributed by atoms with E-state index in [1.54, 1.807) is 22.8 Å². The lowest BCUT2D eigenvalue weighted by atomic mass is 10.1. The van der Waals surface area contributed by atoms with Gasteiger partial charge >= 0.3 is 0 Å². The third kappa shape index (κ3) is 1.64. The van der Waals surface area contributed by atoms with Crippen molar-refractivity contribution >= 4 is 17.3 Å². The Balaban J connectivity index is 2.15. The minimum absolute atomic E-state index is 0.129. The smallest absolute Gasteiger partial charge is 0.240 e. The van der Waals surface area contributed by atoms with Gasteiger partial charge in [0.2, 0.25) is 5.95 Å². The summed E-state index contributed by atoms with van der Waals surface area (Å²) >= 11 is 0. The van der Waals surface area contributed by atoms with Crippen LogP contribution < -0.4 is 11.5 Å². The van der Waals surface area contributed by atoms with Crippen molar-refractivity contribution in [2.45, 2.75) is 0 Å². The molecule has 4 N–H and O–H groups in total. The third-order valence-electron chi connectivity index (χ3n) is 2.68. The van der Waals surface area contributed by atoms with Gasteiger partial charge < -0.3 is 11.5 Å². The Hall–Kier alpha value is -2.63. The minimum atomic E-state index is -0.439. The van der Waals surface area contributed by atoms with Crippen LogP contribution in [0.4, 0.5) is 16.0 Å². The van der Waals surface area contributed by atoms with Crippen LogP contribution in [0.25, 0.3) is 16.8 Å². The Morgan fingerprint density at radius 3 is 2.61 bits per heavy atom. The van der Waals surface area contributed by atoms with Crippen LogP contribution in [0.15, 0.2) is 36.5 Å². The molecule has 0 saturated carbocycles. The summed E-state index contributed by atoms with van der Waals surface area (Å²) in [5.74, 6) is -0.235. The van der Waals surface area contributed by atoms with Crippen molar-refractivity contribution in [2.75, 3.05) is 11.5 Å². The van der Waals surface area contributed by atoms with E-state index in [4.69, 9.17) is 11.5 Å². The number of halogens is 1. The van der Waals surface area contributed by atoms with Crippen molar-refractivity contribution in [1.82, 2.24) is 14.6 Å². The lowest BCUT2D eigenvalue weighted by Gasteiger charge is -2.03. The quantitative estimate of drug-likeness (QED) is 0.637. The molecule has 0 amide bonds. The SMILES string of the molecule is Nc1nc2ccc(-c3ccc(N)c(F)c3)cn2n1. The highest BCUT2D eigenvalue weighted by Crippen LogP contribution is 2.23. The number of fused-ring (bicyclic) bond motifs is 1. The normalized spacial score (nSPS) is 10.9. The monoisotopic (exact) mass is 243 g/mol.